The molecule has 4 rings (SSSR count). The molecule has 3 heterocycles. The van der Waals surface area contributed by atoms with E-state index < -0.39 is 23.3 Å². The highest BCUT2D eigenvalue weighted by molar-refractivity contribution is 6.00. The van der Waals surface area contributed by atoms with Crippen LogP contribution in [-0.4, -0.2) is 55.6 Å². The number of carbonyl (C=O) groups excluding carboxylic acids is 1. The van der Waals surface area contributed by atoms with Gasteiger partial charge in [0.25, 0.3) is 5.91 Å². The van der Waals surface area contributed by atoms with Gasteiger partial charge < -0.3 is 15.7 Å². The maximum Gasteiger partial charge on any atom is 0.255 e. The van der Waals surface area contributed by atoms with Crippen molar-refractivity contribution in [3.63, 3.8) is 0 Å². The number of halogens is 2. The molecule has 0 aliphatic heterocycles. The molecule has 34 heavy (non-hydrogen) atoms. The molecular formula is C24H26F2N6O2. The summed E-state index contributed by atoms with van der Waals surface area (Å²) in [5, 5.41) is 28.9. The van der Waals surface area contributed by atoms with Crippen molar-refractivity contribution >= 4 is 17.1 Å². The lowest BCUT2D eigenvalue weighted by molar-refractivity contribution is -0.00177. The first-order valence-corrected chi connectivity index (χ1v) is 11.0. The predicted molar refractivity (Wildman–Crippen MR) is 123 cm³/mol. The lowest BCUT2D eigenvalue weighted by Gasteiger charge is -2.39. The molecule has 1 amide bonds. The Morgan fingerprint density at radius 2 is 2.12 bits per heavy atom. The zero-order valence-corrected chi connectivity index (χ0v) is 19.1. The van der Waals surface area contributed by atoms with Gasteiger partial charge in [-0.15, -0.1) is 0 Å². The van der Waals surface area contributed by atoms with Crippen molar-refractivity contribution in [1.82, 2.24) is 19.9 Å². The molecular weight excluding hydrogens is 442 g/mol. The Kier molecular flexibility index (Phi) is 6.00. The van der Waals surface area contributed by atoms with E-state index in [4.69, 9.17) is 5.26 Å². The highest BCUT2D eigenvalue weighted by Crippen LogP contribution is 2.38. The third-order valence-corrected chi connectivity index (χ3v) is 5.95. The third-order valence-electron chi connectivity index (χ3n) is 5.95. The number of nitriles is 1. The highest BCUT2D eigenvalue weighted by Gasteiger charge is 2.41. The Bertz CT molecular complexity index is 1270. The maximum atomic E-state index is 14.1. The molecule has 178 valence electrons. The summed E-state index contributed by atoms with van der Waals surface area (Å²) in [5.41, 5.74) is 0.0517. The number of amides is 1. The molecule has 1 fully saturated rings. The second-order valence-corrected chi connectivity index (χ2v) is 9.52. The minimum atomic E-state index is -1.66. The van der Waals surface area contributed by atoms with Crippen LogP contribution in [0.3, 0.4) is 0 Å². The van der Waals surface area contributed by atoms with Gasteiger partial charge in [0.2, 0.25) is 0 Å². The first-order chi connectivity index (χ1) is 16.0. The van der Waals surface area contributed by atoms with Crippen LogP contribution in [0.2, 0.25) is 0 Å². The van der Waals surface area contributed by atoms with Crippen LogP contribution in [0.15, 0.2) is 36.7 Å². The van der Waals surface area contributed by atoms with Crippen molar-refractivity contribution < 1.29 is 18.7 Å². The van der Waals surface area contributed by atoms with Crippen LogP contribution >= 0.6 is 0 Å². The maximum absolute atomic E-state index is 14.1. The molecule has 1 aliphatic carbocycles. The van der Waals surface area contributed by atoms with Gasteiger partial charge in [0.15, 0.2) is 0 Å². The molecule has 1 saturated carbocycles. The molecule has 0 unspecified atom stereocenters. The van der Waals surface area contributed by atoms with Crippen molar-refractivity contribution in [3.05, 3.63) is 47.8 Å². The average Bonchev–Trinajstić information content (AvgIpc) is 3.18. The van der Waals surface area contributed by atoms with Gasteiger partial charge in [0.05, 0.1) is 52.1 Å². The number of aliphatic hydroxyl groups is 1. The van der Waals surface area contributed by atoms with Crippen molar-refractivity contribution in [2.45, 2.75) is 57.1 Å². The van der Waals surface area contributed by atoms with Crippen molar-refractivity contribution in [1.29, 1.82) is 5.26 Å². The number of nitrogens with zero attached hydrogens (tertiary/aromatic N) is 4. The second kappa shape index (κ2) is 8.65. The fourth-order valence-corrected chi connectivity index (χ4v) is 3.97. The second-order valence-electron chi connectivity index (χ2n) is 9.52. The summed E-state index contributed by atoms with van der Waals surface area (Å²) in [5.74, 6) is -0.562. The van der Waals surface area contributed by atoms with Gasteiger partial charge in [-0.25, -0.2) is 13.3 Å². The molecule has 0 aromatic carbocycles. The number of alkyl halides is 2. The van der Waals surface area contributed by atoms with Gasteiger partial charge in [-0.1, -0.05) is 0 Å². The number of hydrogen-bond donors (Lipinski definition) is 3. The van der Waals surface area contributed by atoms with Crippen molar-refractivity contribution in [2.75, 3.05) is 11.9 Å². The standard InChI is InChI=1S/C24H26F2N6O2/c1-23(2,34)21(25)13-29-22(33)17-12-28-19(7-18(17)31-15-8-24(3,26)9-15)20-5-4-16-6-14(10-27)11-30-32(16)20/h4-7,11-12,15,21,34H,8-9,13H2,1-3H3,(H,28,31)(H,29,33)/t15?,21-,24?/m1/s1. The summed E-state index contributed by atoms with van der Waals surface area (Å²) in [6, 6.07) is 8.86. The molecule has 8 nitrogen and oxygen atoms in total. The van der Waals surface area contributed by atoms with Gasteiger partial charge in [0.1, 0.15) is 17.9 Å². The molecule has 0 radical (unpaired) electrons. The molecule has 1 atom stereocenters. The first kappa shape index (κ1) is 23.6. The van der Waals surface area contributed by atoms with Crippen LogP contribution in [-0.2, 0) is 0 Å². The average molecular weight is 469 g/mol. The Balaban J connectivity index is 1.65. The highest BCUT2D eigenvalue weighted by atomic mass is 19.1. The largest absolute Gasteiger partial charge is 0.387 e. The van der Waals surface area contributed by atoms with Gasteiger partial charge in [-0.2, -0.15) is 10.4 Å². The van der Waals surface area contributed by atoms with E-state index in [0.717, 1.165) is 0 Å². The molecule has 0 spiro atoms. The molecule has 0 bridgehead atoms. The van der Waals surface area contributed by atoms with E-state index in [2.05, 4.69) is 20.7 Å². The van der Waals surface area contributed by atoms with Crippen LogP contribution < -0.4 is 10.6 Å². The summed E-state index contributed by atoms with van der Waals surface area (Å²) in [6.07, 6.45) is 1.76. The minimum Gasteiger partial charge on any atom is -0.387 e. The number of aromatic nitrogens is 3. The Hall–Kier alpha value is -3.58. The van der Waals surface area contributed by atoms with Crippen LogP contribution in [0.4, 0.5) is 14.5 Å². The van der Waals surface area contributed by atoms with Gasteiger partial charge in [-0.3, -0.25) is 9.78 Å². The van der Waals surface area contributed by atoms with E-state index in [9.17, 15) is 18.7 Å². The van der Waals surface area contributed by atoms with E-state index in [1.807, 2.05) is 6.07 Å². The lowest BCUT2D eigenvalue weighted by atomic mass is 9.78. The number of fused-ring (bicyclic) bond motifs is 1. The molecule has 3 aromatic heterocycles. The van der Waals surface area contributed by atoms with E-state index >= 15 is 0 Å². The first-order valence-electron chi connectivity index (χ1n) is 11.0. The fourth-order valence-electron chi connectivity index (χ4n) is 3.97. The number of anilines is 1. The Labute approximate surface area is 195 Å². The zero-order valence-electron chi connectivity index (χ0n) is 19.1. The van der Waals surface area contributed by atoms with E-state index in [0.29, 0.717) is 41.0 Å². The molecule has 10 heteroatoms. The number of carbonyl (C=O) groups is 1. The molecule has 1 aliphatic rings. The SMILES string of the molecule is CC1(F)CC(Nc2cc(-c3ccc4cc(C#N)cnn34)ncc2C(=O)NC[C@@H](F)C(C)(C)O)C1. The number of nitrogens with one attached hydrogen (secondary N) is 2. The van der Waals surface area contributed by atoms with Crippen molar-refractivity contribution in [3.8, 4) is 17.5 Å². The van der Waals surface area contributed by atoms with Crippen LogP contribution in [0.25, 0.3) is 16.9 Å². The van der Waals surface area contributed by atoms with Gasteiger partial charge >= 0.3 is 0 Å². The third kappa shape index (κ3) is 4.84. The number of pyridine rings is 1. The summed E-state index contributed by atoms with van der Waals surface area (Å²) in [7, 11) is 0. The summed E-state index contributed by atoms with van der Waals surface area (Å²) < 4.78 is 29.8. The number of hydrogen-bond acceptors (Lipinski definition) is 6. The Morgan fingerprint density at radius 1 is 1.38 bits per heavy atom. The summed E-state index contributed by atoms with van der Waals surface area (Å²) in [6.45, 7) is 3.81. The van der Waals surface area contributed by atoms with Crippen molar-refractivity contribution in [2.24, 2.45) is 0 Å². The van der Waals surface area contributed by atoms with Gasteiger partial charge in [0, 0.05) is 25.1 Å². The quantitative estimate of drug-likeness (QED) is 0.490. The van der Waals surface area contributed by atoms with E-state index in [1.165, 1.54) is 33.2 Å². The lowest BCUT2D eigenvalue weighted by Crippen LogP contribution is -2.45. The monoisotopic (exact) mass is 468 g/mol. The normalized spacial score (nSPS) is 20.9. The number of rotatable bonds is 7. The molecule has 3 aromatic rings. The predicted octanol–water partition coefficient (Wildman–Crippen LogP) is 3.41. The molecule has 0 saturated heterocycles. The van der Waals surface area contributed by atoms with E-state index in [-0.39, 0.29) is 18.2 Å². The zero-order chi connectivity index (χ0) is 24.7. The summed E-state index contributed by atoms with van der Waals surface area (Å²) >= 11 is 0. The summed E-state index contributed by atoms with van der Waals surface area (Å²) in [4.78, 5) is 17.2. The minimum absolute atomic E-state index is 0.164. The molecule has 3 N–H and O–H groups in total. The van der Waals surface area contributed by atoms with E-state index in [1.54, 1.807) is 28.8 Å². The van der Waals surface area contributed by atoms with Crippen LogP contribution in [0, 0.1) is 11.3 Å². The van der Waals surface area contributed by atoms with Crippen LogP contribution in [0.5, 0.6) is 0 Å². The van der Waals surface area contributed by atoms with Gasteiger partial charge in [-0.05, 0) is 45.0 Å². The smallest absolute Gasteiger partial charge is 0.255 e. The fraction of sp³-hybridized carbons (Fsp3) is 0.417. The topological polar surface area (TPSA) is 115 Å². The Morgan fingerprint density at radius 3 is 2.76 bits per heavy atom. The van der Waals surface area contributed by atoms with Crippen LogP contribution in [0.1, 0.15) is 49.5 Å².